The van der Waals surface area contributed by atoms with E-state index >= 15 is 0 Å². The highest BCUT2D eigenvalue weighted by molar-refractivity contribution is 5.95. The van der Waals surface area contributed by atoms with Gasteiger partial charge in [0.1, 0.15) is 5.75 Å². The highest BCUT2D eigenvalue weighted by Gasteiger charge is 2.28. The molecule has 4 nitrogen and oxygen atoms in total. The molecule has 98 valence electrons. The minimum absolute atomic E-state index is 0.428. The second kappa shape index (κ2) is 6.79. The molecule has 0 aliphatic carbocycles. The van der Waals surface area contributed by atoms with E-state index in [1.165, 1.54) is 7.11 Å². The molecular weight excluding hydrogens is 232 g/mol. The number of carbonyl (C=O) groups is 2. The van der Waals surface area contributed by atoms with Gasteiger partial charge in [-0.15, -0.1) is 0 Å². The number of methoxy groups -OCH3 is 1. The molecule has 0 spiro atoms. The molecule has 0 saturated carbocycles. The fourth-order valence-corrected chi connectivity index (χ4v) is 1.56. The largest absolute Gasteiger partial charge is 0.468 e. The molecule has 0 aromatic heterocycles. The van der Waals surface area contributed by atoms with Crippen LogP contribution in [0.5, 0.6) is 5.75 Å². The summed E-state index contributed by atoms with van der Waals surface area (Å²) >= 11 is 0. The molecule has 0 heterocycles. The first-order chi connectivity index (χ1) is 8.58. The molecule has 1 aromatic rings. The van der Waals surface area contributed by atoms with Gasteiger partial charge in [-0.05, 0) is 25.5 Å². The highest BCUT2D eigenvalue weighted by Crippen LogP contribution is 2.16. The van der Waals surface area contributed by atoms with Crippen molar-refractivity contribution in [2.75, 3.05) is 7.11 Å². The number of carbonyl (C=O) groups excluding carboxylic acids is 2. The van der Waals surface area contributed by atoms with Crippen molar-refractivity contribution < 1.29 is 19.1 Å². The lowest BCUT2D eigenvalue weighted by molar-refractivity contribution is -0.155. The van der Waals surface area contributed by atoms with Crippen LogP contribution in [0, 0.1) is 12.8 Å². The van der Waals surface area contributed by atoms with Crippen molar-refractivity contribution in [3.05, 3.63) is 29.8 Å². The number of benzene rings is 1. The van der Waals surface area contributed by atoms with Gasteiger partial charge in [0.25, 0.3) is 0 Å². The molecule has 0 aliphatic rings. The summed E-state index contributed by atoms with van der Waals surface area (Å²) < 4.78 is 9.77. The molecule has 4 heteroatoms. The lowest BCUT2D eigenvalue weighted by Crippen LogP contribution is -2.29. The van der Waals surface area contributed by atoms with Crippen LogP contribution in [0.3, 0.4) is 0 Å². The monoisotopic (exact) mass is 250 g/mol. The second-order valence-corrected chi connectivity index (χ2v) is 4.10. The normalized spacial score (nSPS) is 11.7. The predicted molar refractivity (Wildman–Crippen MR) is 67.2 cm³/mol. The van der Waals surface area contributed by atoms with E-state index in [1.54, 1.807) is 12.1 Å². The van der Waals surface area contributed by atoms with Gasteiger partial charge in [0, 0.05) is 0 Å². The zero-order valence-corrected chi connectivity index (χ0v) is 10.9. The third-order valence-corrected chi connectivity index (χ3v) is 2.59. The van der Waals surface area contributed by atoms with E-state index in [0.29, 0.717) is 18.6 Å². The Kier molecular flexibility index (Phi) is 5.36. The van der Waals surface area contributed by atoms with Crippen molar-refractivity contribution in [3.63, 3.8) is 0 Å². The lowest BCUT2D eigenvalue weighted by Gasteiger charge is -2.12. The van der Waals surface area contributed by atoms with Crippen molar-refractivity contribution in [1.82, 2.24) is 0 Å². The predicted octanol–water partition coefficient (Wildman–Crippen LogP) is 2.49. The molecule has 0 aliphatic heterocycles. The van der Waals surface area contributed by atoms with Crippen LogP contribution in [0.1, 0.15) is 25.3 Å². The molecule has 0 bridgehead atoms. The molecule has 18 heavy (non-hydrogen) atoms. The van der Waals surface area contributed by atoms with Crippen molar-refractivity contribution >= 4 is 11.9 Å². The summed E-state index contributed by atoms with van der Waals surface area (Å²) in [6.45, 7) is 3.84. The molecular formula is C14H18O4. The molecule has 1 rings (SSSR count). The van der Waals surface area contributed by atoms with E-state index in [2.05, 4.69) is 4.74 Å². The van der Waals surface area contributed by atoms with Crippen LogP contribution in [0.4, 0.5) is 0 Å². The number of hydrogen-bond acceptors (Lipinski definition) is 4. The van der Waals surface area contributed by atoms with Gasteiger partial charge in [-0.3, -0.25) is 9.59 Å². The minimum atomic E-state index is -0.846. The molecule has 0 amide bonds. The van der Waals surface area contributed by atoms with Gasteiger partial charge < -0.3 is 9.47 Å². The first-order valence-corrected chi connectivity index (χ1v) is 5.94. The summed E-state index contributed by atoms with van der Waals surface area (Å²) in [6, 6.07) is 7.09. The van der Waals surface area contributed by atoms with Gasteiger partial charge in [0.2, 0.25) is 0 Å². The minimum Gasteiger partial charge on any atom is -0.468 e. The van der Waals surface area contributed by atoms with Crippen LogP contribution in [0.2, 0.25) is 0 Å². The van der Waals surface area contributed by atoms with Crippen LogP contribution >= 0.6 is 0 Å². The Morgan fingerprint density at radius 2 is 1.78 bits per heavy atom. The quantitative estimate of drug-likeness (QED) is 0.457. The Morgan fingerprint density at radius 3 is 2.28 bits per heavy atom. The summed E-state index contributed by atoms with van der Waals surface area (Å²) in [5, 5.41) is 0. The van der Waals surface area contributed by atoms with E-state index in [1.807, 2.05) is 26.0 Å². The fourth-order valence-electron chi connectivity index (χ4n) is 1.56. The standard InChI is InChI=1S/C14H18O4/c1-4-5-12(13(15)17-3)14(16)18-11-8-6-10(2)7-9-11/h6-9,12H,4-5H2,1-3H3. The van der Waals surface area contributed by atoms with E-state index in [0.717, 1.165) is 5.56 Å². The van der Waals surface area contributed by atoms with E-state index in [9.17, 15) is 9.59 Å². The van der Waals surface area contributed by atoms with Crippen molar-refractivity contribution in [2.24, 2.45) is 5.92 Å². The summed E-state index contributed by atoms with van der Waals surface area (Å²) in [5.41, 5.74) is 1.08. The summed E-state index contributed by atoms with van der Waals surface area (Å²) in [7, 11) is 1.27. The first kappa shape index (κ1) is 14.2. The molecule has 1 atom stereocenters. The number of hydrogen-bond donors (Lipinski definition) is 0. The van der Waals surface area contributed by atoms with E-state index < -0.39 is 17.9 Å². The smallest absolute Gasteiger partial charge is 0.325 e. The molecule has 0 N–H and O–H groups in total. The Bertz CT molecular complexity index is 408. The summed E-state index contributed by atoms with van der Waals surface area (Å²) in [4.78, 5) is 23.3. The van der Waals surface area contributed by atoms with Crippen molar-refractivity contribution in [2.45, 2.75) is 26.7 Å². The summed E-state index contributed by atoms with van der Waals surface area (Å²) in [6.07, 6.45) is 1.14. The average Bonchev–Trinajstić information content (AvgIpc) is 2.37. The van der Waals surface area contributed by atoms with Crippen LogP contribution in [-0.2, 0) is 14.3 Å². The van der Waals surface area contributed by atoms with Crippen LogP contribution in [-0.4, -0.2) is 19.0 Å². The maximum absolute atomic E-state index is 11.9. The zero-order valence-electron chi connectivity index (χ0n) is 10.9. The molecule has 0 saturated heterocycles. The third kappa shape index (κ3) is 3.87. The Hall–Kier alpha value is -1.84. The van der Waals surface area contributed by atoms with Gasteiger partial charge >= 0.3 is 11.9 Å². The SMILES string of the molecule is CCCC(C(=O)OC)C(=O)Oc1ccc(C)cc1. The third-order valence-electron chi connectivity index (χ3n) is 2.59. The molecule has 1 unspecified atom stereocenters. The highest BCUT2D eigenvalue weighted by atomic mass is 16.6. The van der Waals surface area contributed by atoms with Crippen molar-refractivity contribution in [1.29, 1.82) is 0 Å². The maximum atomic E-state index is 11.9. The van der Waals surface area contributed by atoms with Crippen molar-refractivity contribution in [3.8, 4) is 5.75 Å². The number of esters is 2. The Labute approximate surface area is 107 Å². The number of ether oxygens (including phenoxy) is 2. The zero-order chi connectivity index (χ0) is 13.5. The molecule has 0 fully saturated rings. The average molecular weight is 250 g/mol. The van der Waals surface area contributed by atoms with Crippen LogP contribution in [0.15, 0.2) is 24.3 Å². The number of aryl methyl sites for hydroxylation is 1. The van der Waals surface area contributed by atoms with Crippen LogP contribution < -0.4 is 4.74 Å². The van der Waals surface area contributed by atoms with Gasteiger partial charge in [0.15, 0.2) is 5.92 Å². The second-order valence-electron chi connectivity index (χ2n) is 4.10. The molecule has 1 aromatic carbocycles. The van der Waals surface area contributed by atoms with Gasteiger partial charge in [-0.25, -0.2) is 0 Å². The molecule has 0 radical (unpaired) electrons. The van der Waals surface area contributed by atoms with Gasteiger partial charge in [-0.2, -0.15) is 0 Å². The topological polar surface area (TPSA) is 52.6 Å². The summed E-state index contributed by atoms with van der Waals surface area (Å²) in [5.74, 6) is -1.52. The van der Waals surface area contributed by atoms with Gasteiger partial charge in [0.05, 0.1) is 7.11 Å². The lowest BCUT2D eigenvalue weighted by atomic mass is 10.0. The first-order valence-electron chi connectivity index (χ1n) is 5.94. The Balaban J connectivity index is 2.72. The Morgan fingerprint density at radius 1 is 1.17 bits per heavy atom. The van der Waals surface area contributed by atoms with Gasteiger partial charge in [-0.1, -0.05) is 31.0 Å². The van der Waals surface area contributed by atoms with E-state index in [4.69, 9.17) is 4.74 Å². The number of rotatable bonds is 5. The van der Waals surface area contributed by atoms with Crippen LogP contribution in [0.25, 0.3) is 0 Å². The maximum Gasteiger partial charge on any atom is 0.325 e. The van der Waals surface area contributed by atoms with E-state index in [-0.39, 0.29) is 0 Å². The fraction of sp³-hybridized carbons (Fsp3) is 0.429.